The Hall–Kier alpha value is -4.62. The molecular weight excluding hydrogens is 458 g/mol. The summed E-state index contributed by atoms with van der Waals surface area (Å²) in [7, 11) is 0. The van der Waals surface area contributed by atoms with Crippen LogP contribution in [-0.4, -0.2) is 0 Å². The third-order valence-corrected chi connectivity index (χ3v) is 7.17. The van der Waals surface area contributed by atoms with Gasteiger partial charge in [0.15, 0.2) is 0 Å². The van der Waals surface area contributed by atoms with Crippen LogP contribution in [0.5, 0.6) is 0 Å². The van der Waals surface area contributed by atoms with Crippen LogP contribution >= 0.6 is 0 Å². The summed E-state index contributed by atoms with van der Waals surface area (Å²) in [6, 6.07) is 47.8. The van der Waals surface area contributed by atoms with Crippen molar-refractivity contribution in [1.82, 2.24) is 0 Å². The topological polar surface area (TPSA) is 3.24 Å². The van der Waals surface area contributed by atoms with Crippen molar-refractivity contribution in [2.45, 2.75) is 13.3 Å². The molecule has 184 valence electrons. The second kappa shape index (κ2) is 10.8. The van der Waals surface area contributed by atoms with Crippen LogP contribution in [-0.2, 0) is 0 Å². The maximum Gasteiger partial charge on any atom is 0.0467 e. The van der Waals surface area contributed by atoms with Gasteiger partial charge in [-0.2, -0.15) is 0 Å². The number of anilines is 3. The SMILES string of the molecule is CC1C=CC(c2cccc(N(c3cccc(-c4ccccc4)c3)c3cccc(-c4ccccc4)c3)c2)=CC1. The largest absolute Gasteiger partial charge is 0.310 e. The summed E-state index contributed by atoms with van der Waals surface area (Å²) in [5.41, 5.74) is 10.8. The first kappa shape index (κ1) is 23.8. The predicted molar refractivity (Wildman–Crippen MR) is 163 cm³/mol. The molecule has 1 heteroatoms. The van der Waals surface area contributed by atoms with Crippen molar-refractivity contribution in [2.24, 2.45) is 5.92 Å². The second-order valence-electron chi connectivity index (χ2n) is 9.95. The van der Waals surface area contributed by atoms with Gasteiger partial charge in [-0.3, -0.25) is 0 Å². The molecule has 1 aliphatic carbocycles. The van der Waals surface area contributed by atoms with Crippen molar-refractivity contribution in [1.29, 1.82) is 0 Å². The zero-order valence-electron chi connectivity index (χ0n) is 21.7. The fourth-order valence-corrected chi connectivity index (χ4v) is 5.12. The Morgan fingerprint density at radius 3 is 1.42 bits per heavy atom. The number of hydrogen-bond acceptors (Lipinski definition) is 1. The minimum Gasteiger partial charge on any atom is -0.310 e. The Kier molecular flexibility index (Phi) is 6.74. The van der Waals surface area contributed by atoms with E-state index >= 15 is 0 Å². The average Bonchev–Trinajstić information content (AvgIpc) is 2.99. The number of hydrogen-bond donors (Lipinski definition) is 0. The van der Waals surface area contributed by atoms with Gasteiger partial charge in [0.2, 0.25) is 0 Å². The maximum absolute atomic E-state index is 2.37. The molecule has 5 aromatic carbocycles. The molecule has 0 amide bonds. The van der Waals surface area contributed by atoms with Crippen LogP contribution in [0.3, 0.4) is 0 Å². The molecule has 0 saturated carbocycles. The van der Waals surface area contributed by atoms with E-state index in [0.717, 1.165) is 23.5 Å². The number of allylic oxidation sites excluding steroid dienone is 4. The molecule has 5 aromatic rings. The Balaban J connectivity index is 1.48. The molecule has 1 unspecified atom stereocenters. The van der Waals surface area contributed by atoms with Gasteiger partial charge in [-0.05, 0) is 82.1 Å². The van der Waals surface area contributed by atoms with Crippen LogP contribution < -0.4 is 4.90 Å². The van der Waals surface area contributed by atoms with E-state index in [2.05, 4.69) is 164 Å². The number of rotatable bonds is 6. The molecule has 1 atom stereocenters. The molecule has 0 aliphatic heterocycles. The molecule has 38 heavy (non-hydrogen) atoms. The van der Waals surface area contributed by atoms with Crippen molar-refractivity contribution in [3.63, 3.8) is 0 Å². The lowest BCUT2D eigenvalue weighted by atomic mass is 9.94. The number of nitrogens with zero attached hydrogens (tertiary/aromatic N) is 1. The summed E-state index contributed by atoms with van der Waals surface area (Å²) in [6.45, 7) is 2.27. The smallest absolute Gasteiger partial charge is 0.0467 e. The normalized spacial score (nSPS) is 14.7. The highest BCUT2D eigenvalue weighted by molar-refractivity contribution is 5.84. The van der Waals surface area contributed by atoms with E-state index < -0.39 is 0 Å². The fraction of sp³-hybridized carbons (Fsp3) is 0.0811. The van der Waals surface area contributed by atoms with Gasteiger partial charge >= 0.3 is 0 Å². The van der Waals surface area contributed by atoms with Gasteiger partial charge < -0.3 is 4.90 Å². The van der Waals surface area contributed by atoms with Crippen LogP contribution in [0.4, 0.5) is 17.1 Å². The zero-order valence-corrected chi connectivity index (χ0v) is 21.7. The molecule has 0 spiro atoms. The van der Waals surface area contributed by atoms with E-state index in [1.165, 1.54) is 33.4 Å². The van der Waals surface area contributed by atoms with E-state index in [1.807, 2.05) is 0 Å². The average molecular weight is 490 g/mol. The third-order valence-electron chi connectivity index (χ3n) is 7.17. The molecule has 1 nitrogen and oxygen atoms in total. The second-order valence-corrected chi connectivity index (χ2v) is 9.95. The monoisotopic (exact) mass is 489 g/mol. The molecule has 0 saturated heterocycles. The minimum atomic E-state index is 0.597. The maximum atomic E-state index is 2.37. The van der Waals surface area contributed by atoms with Gasteiger partial charge in [0.05, 0.1) is 0 Å². The van der Waals surface area contributed by atoms with E-state index in [0.29, 0.717) is 5.92 Å². The lowest BCUT2D eigenvalue weighted by molar-refractivity contribution is 0.739. The molecule has 0 radical (unpaired) electrons. The van der Waals surface area contributed by atoms with Crippen LogP contribution in [0.1, 0.15) is 18.9 Å². The molecule has 0 N–H and O–H groups in total. The lowest BCUT2D eigenvalue weighted by Gasteiger charge is -2.27. The summed E-state index contributed by atoms with van der Waals surface area (Å²) < 4.78 is 0. The highest BCUT2D eigenvalue weighted by Gasteiger charge is 2.16. The van der Waals surface area contributed by atoms with Crippen molar-refractivity contribution in [3.8, 4) is 22.3 Å². The standard InChI is InChI=1S/C37H31N/c1-28-21-23-31(24-22-28)34-17-10-20-37(27-34)38(35-18-8-15-32(25-35)29-11-4-2-5-12-29)36-19-9-16-33(26-36)30-13-6-3-7-14-30/h2-21,23-28H,22H2,1H3. The summed E-state index contributed by atoms with van der Waals surface area (Å²) in [4.78, 5) is 2.37. The molecular formula is C37H31N. The zero-order chi connectivity index (χ0) is 25.7. The van der Waals surface area contributed by atoms with Crippen LogP contribution in [0.25, 0.3) is 27.8 Å². The molecule has 0 heterocycles. The Morgan fingerprint density at radius 2 is 0.947 bits per heavy atom. The lowest BCUT2D eigenvalue weighted by Crippen LogP contribution is -2.10. The van der Waals surface area contributed by atoms with Gasteiger partial charge in [-0.25, -0.2) is 0 Å². The van der Waals surface area contributed by atoms with E-state index in [-0.39, 0.29) is 0 Å². The number of benzene rings is 5. The molecule has 0 bridgehead atoms. The fourth-order valence-electron chi connectivity index (χ4n) is 5.12. The highest BCUT2D eigenvalue weighted by atomic mass is 15.1. The minimum absolute atomic E-state index is 0.597. The first-order valence-electron chi connectivity index (χ1n) is 13.3. The summed E-state index contributed by atoms with van der Waals surface area (Å²) in [6.07, 6.45) is 8.02. The van der Waals surface area contributed by atoms with Crippen molar-refractivity contribution in [2.75, 3.05) is 4.90 Å². The highest BCUT2D eigenvalue weighted by Crippen LogP contribution is 2.39. The van der Waals surface area contributed by atoms with Crippen molar-refractivity contribution < 1.29 is 0 Å². The molecule has 0 fully saturated rings. The third kappa shape index (κ3) is 5.10. The molecule has 0 aromatic heterocycles. The summed E-state index contributed by atoms with van der Waals surface area (Å²) in [5, 5.41) is 0. The first-order chi connectivity index (χ1) is 18.7. The van der Waals surface area contributed by atoms with Crippen molar-refractivity contribution >= 4 is 22.6 Å². The van der Waals surface area contributed by atoms with Gasteiger partial charge in [-0.15, -0.1) is 0 Å². The predicted octanol–water partition coefficient (Wildman–Crippen LogP) is 10.5. The van der Waals surface area contributed by atoms with Crippen LogP contribution in [0.15, 0.2) is 152 Å². The Labute approximate surface area is 226 Å². The van der Waals surface area contributed by atoms with E-state index in [4.69, 9.17) is 0 Å². The Bertz CT molecular complexity index is 1510. The van der Waals surface area contributed by atoms with Crippen LogP contribution in [0.2, 0.25) is 0 Å². The van der Waals surface area contributed by atoms with E-state index in [9.17, 15) is 0 Å². The van der Waals surface area contributed by atoms with Crippen LogP contribution in [0, 0.1) is 5.92 Å². The van der Waals surface area contributed by atoms with Gasteiger partial charge in [0.1, 0.15) is 0 Å². The first-order valence-corrected chi connectivity index (χ1v) is 13.3. The summed E-state index contributed by atoms with van der Waals surface area (Å²) >= 11 is 0. The van der Waals surface area contributed by atoms with Gasteiger partial charge in [-0.1, -0.05) is 122 Å². The summed E-state index contributed by atoms with van der Waals surface area (Å²) in [5.74, 6) is 0.597. The van der Waals surface area contributed by atoms with Gasteiger partial charge in [0.25, 0.3) is 0 Å². The van der Waals surface area contributed by atoms with Gasteiger partial charge in [0, 0.05) is 17.1 Å². The molecule has 1 aliphatic rings. The van der Waals surface area contributed by atoms with Crippen molar-refractivity contribution in [3.05, 3.63) is 157 Å². The molecule has 6 rings (SSSR count). The quantitative estimate of drug-likeness (QED) is 0.229. The van der Waals surface area contributed by atoms with E-state index in [1.54, 1.807) is 0 Å². The Morgan fingerprint density at radius 1 is 0.500 bits per heavy atom.